The van der Waals surface area contributed by atoms with Gasteiger partial charge in [-0.25, -0.2) is 0 Å². The van der Waals surface area contributed by atoms with Crippen LogP contribution < -0.4 is 4.90 Å². The highest BCUT2D eigenvalue weighted by molar-refractivity contribution is 6.22. The quantitative estimate of drug-likeness (QED) is 0.142. The predicted octanol–water partition coefficient (Wildman–Crippen LogP) is 18.9. The molecule has 0 bridgehead atoms. The highest BCUT2D eigenvalue weighted by Crippen LogP contribution is 2.46. The number of anilines is 3. The van der Waals surface area contributed by atoms with E-state index in [0.717, 1.165) is 55.7 Å². The van der Waals surface area contributed by atoms with Gasteiger partial charge in [-0.1, -0.05) is 206 Å². The number of nitrogens with zero attached hydrogens (tertiary/aromatic N) is 1. The lowest BCUT2D eigenvalue weighted by molar-refractivity contribution is 0.670. The maximum atomic E-state index is 6.46. The summed E-state index contributed by atoms with van der Waals surface area (Å²) in [5, 5.41) is 9.74. The molecule has 0 spiro atoms. The van der Waals surface area contributed by atoms with Crippen LogP contribution in [0.5, 0.6) is 0 Å². The lowest BCUT2D eigenvalue weighted by Gasteiger charge is -2.26. The van der Waals surface area contributed by atoms with Gasteiger partial charge in [0.1, 0.15) is 11.2 Å². The Hall–Kier alpha value is -8.98. The van der Waals surface area contributed by atoms with Gasteiger partial charge in [0.2, 0.25) is 0 Å². The number of benzene rings is 12. The Morgan fingerprint density at radius 3 is 1.38 bits per heavy atom. The molecule has 0 fully saturated rings. The fraction of sp³-hybridized carbons (Fsp3) is 0. The smallest absolute Gasteiger partial charge is 0.143 e. The lowest BCUT2D eigenvalue weighted by Crippen LogP contribution is -2.09. The fourth-order valence-corrected chi connectivity index (χ4v) is 10.4. The van der Waals surface area contributed by atoms with Crippen LogP contribution in [-0.2, 0) is 0 Å². The van der Waals surface area contributed by atoms with E-state index in [-0.39, 0.29) is 0 Å². The summed E-state index contributed by atoms with van der Waals surface area (Å²) in [6.07, 6.45) is 0. The van der Waals surface area contributed by atoms with Crippen molar-refractivity contribution in [3.05, 3.63) is 261 Å². The molecule has 0 saturated carbocycles. The molecule has 0 N–H and O–H groups in total. The van der Waals surface area contributed by atoms with Crippen LogP contribution in [0.1, 0.15) is 0 Å². The van der Waals surface area contributed by atoms with Gasteiger partial charge in [0.15, 0.2) is 0 Å². The second-order valence-corrected chi connectivity index (χ2v) is 17.6. The third-order valence-corrected chi connectivity index (χ3v) is 13.7. The van der Waals surface area contributed by atoms with Gasteiger partial charge >= 0.3 is 0 Å². The maximum Gasteiger partial charge on any atom is 0.143 e. The minimum Gasteiger partial charge on any atom is -0.455 e. The third kappa shape index (κ3) is 6.82. The van der Waals surface area contributed by atoms with Crippen LogP contribution in [0.2, 0.25) is 0 Å². The number of rotatable bonds is 8. The standard InChI is InChI=1S/C66H43NO/c1-3-15-48(16-4-1)64-60-22-10-9-20-57(60)58-41-34-52(43-62(58)65(64)49-17-5-2-6-18-49)46-30-37-54(38-31-46)67(53-35-28-45(29-36-53)51-27-26-44-14-7-8-19-50(44)42-51)55-39-32-47(33-40-55)56-23-13-24-61-59-21-11-12-25-63(59)68-66(56)61/h1-43H. The molecule has 13 rings (SSSR count). The first-order chi connectivity index (χ1) is 33.7. The van der Waals surface area contributed by atoms with Crippen molar-refractivity contribution in [1.29, 1.82) is 0 Å². The normalized spacial score (nSPS) is 11.5. The molecule has 2 nitrogen and oxygen atoms in total. The van der Waals surface area contributed by atoms with Crippen molar-refractivity contribution in [2.75, 3.05) is 4.90 Å². The van der Waals surface area contributed by atoms with Crippen molar-refractivity contribution in [2.45, 2.75) is 0 Å². The molecular formula is C66H43NO. The lowest BCUT2D eigenvalue weighted by atomic mass is 9.84. The summed E-state index contributed by atoms with van der Waals surface area (Å²) in [5.41, 5.74) is 16.8. The van der Waals surface area contributed by atoms with Crippen LogP contribution in [0.15, 0.2) is 265 Å². The summed E-state index contributed by atoms with van der Waals surface area (Å²) in [6, 6.07) is 94.4. The Balaban J connectivity index is 0.920. The van der Waals surface area contributed by atoms with Crippen LogP contribution in [0.25, 0.3) is 110 Å². The van der Waals surface area contributed by atoms with Gasteiger partial charge in [-0.2, -0.15) is 0 Å². The summed E-state index contributed by atoms with van der Waals surface area (Å²) in [6.45, 7) is 0. The number of hydrogen-bond donors (Lipinski definition) is 0. The zero-order valence-corrected chi connectivity index (χ0v) is 37.2. The van der Waals surface area contributed by atoms with Crippen LogP contribution in [0.4, 0.5) is 17.1 Å². The van der Waals surface area contributed by atoms with E-state index in [4.69, 9.17) is 4.42 Å². The molecule has 0 amide bonds. The SMILES string of the molecule is c1ccc(-c2c(-c3ccccc3)c3cc(-c4ccc(N(c5ccc(-c6ccc7ccccc7c6)cc5)c5ccc(-c6cccc7c6oc6ccccc67)cc5)cc4)ccc3c3ccccc23)cc1. The van der Waals surface area contributed by atoms with E-state index in [1.165, 1.54) is 71.3 Å². The van der Waals surface area contributed by atoms with Crippen LogP contribution in [0, 0.1) is 0 Å². The van der Waals surface area contributed by atoms with Crippen molar-refractivity contribution < 1.29 is 4.42 Å². The predicted molar refractivity (Wildman–Crippen MR) is 288 cm³/mol. The van der Waals surface area contributed by atoms with Crippen molar-refractivity contribution in [3.63, 3.8) is 0 Å². The zero-order chi connectivity index (χ0) is 45.0. The third-order valence-electron chi connectivity index (χ3n) is 13.7. The Morgan fingerprint density at radius 1 is 0.250 bits per heavy atom. The van der Waals surface area contributed by atoms with Gasteiger partial charge in [0.25, 0.3) is 0 Å². The van der Waals surface area contributed by atoms with Gasteiger partial charge < -0.3 is 9.32 Å². The van der Waals surface area contributed by atoms with Gasteiger partial charge in [0.05, 0.1) is 0 Å². The summed E-state index contributed by atoms with van der Waals surface area (Å²) < 4.78 is 6.46. The zero-order valence-electron chi connectivity index (χ0n) is 37.2. The van der Waals surface area contributed by atoms with E-state index in [1.54, 1.807) is 0 Å². The number of para-hydroxylation sites is 2. The van der Waals surface area contributed by atoms with Crippen molar-refractivity contribution in [3.8, 4) is 55.6 Å². The van der Waals surface area contributed by atoms with Crippen molar-refractivity contribution >= 4 is 71.3 Å². The number of hydrogen-bond acceptors (Lipinski definition) is 2. The highest BCUT2D eigenvalue weighted by atomic mass is 16.3. The van der Waals surface area contributed by atoms with Crippen molar-refractivity contribution in [2.24, 2.45) is 0 Å². The second kappa shape index (κ2) is 16.5. The Morgan fingerprint density at radius 2 is 0.721 bits per heavy atom. The van der Waals surface area contributed by atoms with Crippen LogP contribution in [-0.4, -0.2) is 0 Å². The van der Waals surface area contributed by atoms with Gasteiger partial charge in [-0.3, -0.25) is 0 Å². The molecule has 318 valence electrons. The Kier molecular flexibility index (Phi) is 9.54. The fourth-order valence-electron chi connectivity index (χ4n) is 10.4. The van der Waals surface area contributed by atoms with Gasteiger partial charge in [-0.15, -0.1) is 0 Å². The first-order valence-electron chi connectivity index (χ1n) is 23.3. The van der Waals surface area contributed by atoms with E-state index >= 15 is 0 Å². The average Bonchev–Trinajstić information content (AvgIpc) is 3.80. The highest BCUT2D eigenvalue weighted by Gasteiger charge is 2.20. The summed E-state index contributed by atoms with van der Waals surface area (Å²) in [4.78, 5) is 2.35. The monoisotopic (exact) mass is 865 g/mol. The van der Waals surface area contributed by atoms with E-state index in [1.807, 2.05) is 12.1 Å². The van der Waals surface area contributed by atoms with Gasteiger partial charge in [0, 0.05) is 33.4 Å². The molecule has 0 radical (unpaired) electrons. The molecule has 1 heterocycles. The second-order valence-electron chi connectivity index (χ2n) is 17.6. The topological polar surface area (TPSA) is 16.4 Å². The molecule has 0 unspecified atom stereocenters. The molecule has 0 aliphatic carbocycles. The minimum absolute atomic E-state index is 0.902. The molecule has 0 aliphatic heterocycles. The van der Waals surface area contributed by atoms with Crippen molar-refractivity contribution in [1.82, 2.24) is 0 Å². The number of fused-ring (bicyclic) bond motifs is 7. The molecule has 13 aromatic rings. The summed E-state index contributed by atoms with van der Waals surface area (Å²) in [5.74, 6) is 0. The Labute approximate surface area is 395 Å². The Bertz CT molecular complexity index is 3980. The largest absolute Gasteiger partial charge is 0.455 e. The molecule has 12 aromatic carbocycles. The number of furan rings is 1. The summed E-state index contributed by atoms with van der Waals surface area (Å²) >= 11 is 0. The van der Waals surface area contributed by atoms with Gasteiger partial charge in [-0.05, 0) is 137 Å². The first kappa shape index (κ1) is 39.4. The minimum atomic E-state index is 0.902. The molecule has 0 atom stereocenters. The van der Waals surface area contributed by atoms with Crippen LogP contribution >= 0.6 is 0 Å². The molecule has 1 aromatic heterocycles. The molecule has 2 heteroatoms. The van der Waals surface area contributed by atoms with E-state index in [9.17, 15) is 0 Å². The summed E-state index contributed by atoms with van der Waals surface area (Å²) in [7, 11) is 0. The molecular weight excluding hydrogens is 823 g/mol. The molecule has 68 heavy (non-hydrogen) atoms. The van der Waals surface area contributed by atoms with E-state index < -0.39 is 0 Å². The first-order valence-corrected chi connectivity index (χ1v) is 23.3. The van der Waals surface area contributed by atoms with E-state index in [2.05, 4.69) is 254 Å². The molecule has 0 saturated heterocycles. The van der Waals surface area contributed by atoms with E-state index in [0.29, 0.717) is 0 Å². The maximum absolute atomic E-state index is 6.46. The van der Waals surface area contributed by atoms with Crippen LogP contribution in [0.3, 0.4) is 0 Å². The molecule has 0 aliphatic rings. The average molecular weight is 866 g/mol.